The van der Waals surface area contributed by atoms with E-state index in [4.69, 9.17) is 24.5 Å². The Kier molecular flexibility index (Phi) is 12.4. The molecule has 1 saturated carbocycles. The van der Waals surface area contributed by atoms with Gasteiger partial charge in [0.2, 0.25) is 0 Å². The second-order valence-electron chi connectivity index (χ2n) is 9.36. The Hall–Kier alpha value is -3.81. The molecule has 1 atom stereocenters. The molecule has 1 unspecified atom stereocenters. The minimum atomic E-state index is -5.08. The summed E-state index contributed by atoms with van der Waals surface area (Å²) in [6.07, 6.45) is 0.975. The van der Waals surface area contributed by atoms with Crippen molar-refractivity contribution >= 4 is 23.0 Å². The summed E-state index contributed by atoms with van der Waals surface area (Å²) < 4.78 is 69.5. The minimum absolute atomic E-state index is 0.558. The van der Waals surface area contributed by atoms with Crippen molar-refractivity contribution in [3.8, 4) is 11.5 Å². The van der Waals surface area contributed by atoms with Crippen LogP contribution in [-0.4, -0.2) is 57.6 Å². The predicted octanol–water partition coefficient (Wildman–Crippen LogP) is 6.72. The maximum atomic E-state index is 10.6. The van der Waals surface area contributed by atoms with Crippen LogP contribution in [-0.2, 0) is 16.0 Å². The van der Waals surface area contributed by atoms with Crippen molar-refractivity contribution in [1.29, 1.82) is 0 Å². The third kappa shape index (κ3) is 12.1. The number of hydrogen-bond acceptors (Lipinski definition) is 5. The van der Waals surface area contributed by atoms with Gasteiger partial charge in [0.15, 0.2) is 0 Å². The summed E-state index contributed by atoms with van der Waals surface area (Å²) in [6.45, 7) is 0. The number of aliphatic carboxylic acids is 2. The van der Waals surface area contributed by atoms with E-state index < -0.39 is 24.3 Å². The van der Waals surface area contributed by atoms with E-state index in [2.05, 4.69) is 46.6 Å². The molecular formula is C27H31F6N3O5. The molecule has 0 radical (unpaired) electrons. The average Bonchev–Trinajstić information content (AvgIpc) is 3.38. The molecule has 0 aliphatic heterocycles. The molecule has 1 aliphatic carbocycles. The number of likely N-dealkylation sites (N-methyl/N-ethyl adjacent to an activating group) is 1. The number of nitrogens with zero attached hydrogens (tertiary/aromatic N) is 1. The van der Waals surface area contributed by atoms with Crippen LogP contribution in [0.1, 0.15) is 44.1 Å². The number of aromatic nitrogens is 2. The number of carboxylic acid groups (broad SMARTS) is 2. The van der Waals surface area contributed by atoms with Crippen LogP contribution >= 0.6 is 0 Å². The van der Waals surface area contributed by atoms with E-state index in [1.54, 1.807) is 6.33 Å². The van der Waals surface area contributed by atoms with Crippen molar-refractivity contribution in [2.24, 2.45) is 5.92 Å². The van der Waals surface area contributed by atoms with Crippen molar-refractivity contribution in [1.82, 2.24) is 15.3 Å². The van der Waals surface area contributed by atoms with E-state index in [0.29, 0.717) is 6.04 Å². The van der Waals surface area contributed by atoms with Crippen LogP contribution in [0, 0.1) is 5.92 Å². The molecule has 1 aliphatic rings. The Morgan fingerprint density at radius 3 is 2.00 bits per heavy atom. The molecule has 1 aromatic heterocycles. The first-order chi connectivity index (χ1) is 19.2. The fourth-order valence-corrected chi connectivity index (χ4v) is 4.22. The summed E-state index contributed by atoms with van der Waals surface area (Å²) in [5.74, 6) is -2.92. The van der Waals surface area contributed by atoms with E-state index in [1.807, 2.05) is 18.2 Å². The van der Waals surface area contributed by atoms with Gasteiger partial charge in [-0.2, -0.15) is 26.3 Å². The molecule has 226 valence electrons. The second-order valence-corrected chi connectivity index (χ2v) is 9.36. The Morgan fingerprint density at radius 2 is 1.49 bits per heavy atom. The summed E-state index contributed by atoms with van der Waals surface area (Å²) >= 11 is 0. The highest BCUT2D eigenvalue weighted by Gasteiger charge is 2.38. The lowest BCUT2D eigenvalue weighted by Gasteiger charge is -2.26. The van der Waals surface area contributed by atoms with Crippen molar-refractivity contribution < 1.29 is 50.9 Å². The van der Waals surface area contributed by atoms with Crippen molar-refractivity contribution in [2.45, 2.75) is 63.3 Å². The Bertz CT molecular complexity index is 1210. The molecule has 41 heavy (non-hydrogen) atoms. The maximum Gasteiger partial charge on any atom is 0.490 e. The number of halogens is 6. The van der Waals surface area contributed by atoms with Gasteiger partial charge in [-0.1, -0.05) is 44.2 Å². The third-order valence-electron chi connectivity index (χ3n) is 6.27. The van der Waals surface area contributed by atoms with Crippen molar-refractivity contribution in [3.63, 3.8) is 0 Å². The lowest BCUT2D eigenvalue weighted by atomic mass is 9.83. The van der Waals surface area contributed by atoms with Gasteiger partial charge in [0.05, 0.1) is 17.4 Å². The number of alkyl halides is 6. The molecule has 8 nitrogen and oxygen atoms in total. The lowest BCUT2D eigenvalue weighted by Crippen LogP contribution is -2.30. The topological polar surface area (TPSA) is 125 Å². The van der Waals surface area contributed by atoms with Crippen LogP contribution in [0.5, 0.6) is 11.5 Å². The number of imidazole rings is 1. The number of rotatable bonds is 7. The highest BCUT2D eigenvalue weighted by Crippen LogP contribution is 2.29. The van der Waals surface area contributed by atoms with Gasteiger partial charge < -0.3 is 25.3 Å². The summed E-state index contributed by atoms with van der Waals surface area (Å²) in [6, 6.07) is 15.0. The average molecular weight is 592 g/mol. The number of ether oxygens (including phenoxy) is 1. The number of nitrogens with one attached hydrogen (secondary N) is 2. The molecule has 1 heterocycles. The van der Waals surface area contributed by atoms with Gasteiger partial charge in [-0.15, -0.1) is 0 Å². The zero-order valence-electron chi connectivity index (χ0n) is 22.1. The van der Waals surface area contributed by atoms with Crippen LogP contribution in [0.2, 0.25) is 0 Å². The number of benzene rings is 2. The molecule has 4 rings (SSSR count). The number of aromatic amines is 1. The SMILES string of the molecule is CNC(Cc1ccc(Oc2ccc3nc[nH]c3c2)cc1)CC1CCCCC1.O=C(O)C(F)(F)F.O=C(O)C(F)(F)F. The molecule has 2 aromatic carbocycles. The predicted molar refractivity (Wildman–Crippen MR) is 138 cm³/mol. The number of hydrogen-bond donors (Lipinski definition) is 4. The van der Waals surface area contributed by atoms with E-state index in [1.165, 1.54) is 44.1 Å². The van der Waals surface area contributed by atoms with Crippen LogP contribution in [0.15, 0.2) is 48.8 Å². The summed E-state index contributed by atoms with van der Waals surface area (Å²) in [5, 5.41) is 17.8. The molecule has 3 aromatic rings. The molecule has 0 bridgehead atoms. The molecular weight excluding hydrogens is 560 g/mol. The largest absolute Gasteiger partial charge is 0.490 e. The quantitative estimate of drug-likeness (QED) is 0.225. The highest BCUT2D eigenvalue weighted by atomic mass is 19.4. The molecule has 1 fully saturated rings. The third-order valence-corrected chi connectivity index (χ3v) is 6.27. The summed E-state index contributed by atoms with van der Waals surface area (Å²) in [4.78, 5) is 25.1. The maximum absolute atomic E-state index is 10.6. The van der Waals surface area contributed by atoms with Crippen molar-refractivity contribution in [2.75, 3.05) is 7.05 Å². The second kappa shape index (κ2) is 15.3. The molecule has 0 amide bonds. The van der Waals surface area contributed by atoms with E-state index in [0.717, 1.165) is 34.9 Å². The van der Waals surface area contributed by atoms with Crippen LogP contribution in [0.25, 0.3) is 11.0 Å². The van der Waals surface area contributed by atoms with E-state index >= 15 is 0 Å². The van der Waals surface area contributed by atoms with Gasteiger partial charge in [-0.3, -0.25) is 0 Å². The van der Waals surface area contributed by atoms with Crippen molar-refractivity contribution in [3.05, 3.63) is 54.4 Å². The van der Waals surface area contributed by atoms with E-state index in [9.17, 15) is 26.3 Å². The minimum Gasteiger partial charge on any atom is -0.475 e. The van der Waals surface area contributed by atoms with Gasteiger partial charge in [0, 0.05) is 12.1 Å². The fraction of sp³-hybridized carbons (Fsp3) is 0.444. The molecule has 0 saturated heterocycles. The van der Waals surface area contributed by atoms with Gasteiger partial charge in [0.1, 0.15) is 11.5 Å². The first-order valence-electron chi connectivity index (χ1n) is 12.7. The highest BCUT2D eigenvalue weighted by molar-refractivity contribution is 5.76. The molecule has 4 N–H and O–H groups in total. The Balaban J connectivity index is 0.000000349. The number of H-pyrrole nitrogens is 1. The van der Waals surface area contributed by atoms with Gasteiger partial charge in [-0.05, 0) is 55.6 Å². The zero-order chi connectivity index (χ0) is 30.6. The zero-order valence-corrected chi connectivity index (χ0v) is 22.1. The Labute approximate surface area is 231 Å². The fourth-order valence-electron chi connectivity index (χ4n) is 4.22. The van der Waals surface area contributed by atoms with Gasteiger partial charge in [0.25, 0.3) is 0 Å². The van der Waals surface area contributed by atoms with E-state index in [-0.39, 0.29) is 0 Å². The van der Waals surface area contributed by atoms with Gasteiger partial charge in [-0.25, -0.2) is 14.6 Å². The smallest absolute Gasteiger partial charge is 0.475 e. The summed E-state index contributed by atoms with van der Waals surface area (Å²) in [7, 11) is 2.09. The van der Waals surface area contributed by atoms with Crippen LogP contribution in [0.4, 0.5) is 26.3 Å². The van der Waals surface area contributed by atoms with Crippen LogP contribution < -0.4 is 10.1 Å². The normalized spacial score (nSPS) is 14.7. The Morgan fingerprint density at radius 1 is 0.951 bits per heavy atom. The standard InChI is InChI=1S/C23H29N3O.2C2HF3O2/c1-24-19(13-17-5-3-2-4-6-17)14-18-7-9-20(10-8-18)27-21-11-12-22-23(15-21)26-16-25-22;2*3-2(4,5)1(6)7/h7-12,15-17,19,24H,2-6,13-14H2,1H3,(H,25,26);2*(H,6,7). The lowest BCUT2D eigenvalue weighted by molar-refractivity contribution is -0.193. The molecule has 14 heteroatoms. The summed E-state index contributed by atoms with van der Waals surface area (Å²) in [5.41, 5.74) is 3.30. The number of fused-ring (bicyclic) bond motifs is 1. The first-order valence-corrected chi connectivity index (χ1v) is 12.7. The van der Waals surface area contributed by atoms with Gasteiger partial charge >= 0.3 is 24.3 Å². The number of carbonyl (C=O) groups is 2. The number of carboxylic acids is 2. The first kappa shape index (κ1) is 33.4. The molecule has 0 spiro atoms. The van der Waals surface area contributed by atoms with Crippen LogP contribution in [0.3, 0.4) is 0 Å². The monoisotopic (exact) mass is 591 g/mol.